The summed E-state index contributed by atoms with van der Waals surface area (Å²) in [6, 6.07) is 1.60. The molecule has 0 atom stereocenters. The van der Waals surface area contributed by atoms with E-state index in [1.54, 1.807) is 6.07 Å². The van der Waals surface area contributed by atoms with Crippen LogP contribution in [0.2, 0.25) is 5.02 Å². The number of rotatable bonds is 1. The number of carbonyl (C=O) groups is 1. The first kappa shape index (κ1) is 8.31. The minimum atomic E-state index is 0.235. The number of aldehydes is 1. The van der Waals surface area contributed by atoms with Gasteiger partial charge in [-0.05, 0) is 0 Å². The van der Waals surface area contributed by atoms with Crippen LogP contribution in [0, 0.1) is 0 Å². The quantitative estimate of drug-likeness (QED) is 0.693. The Bertz CT molecular complexity index is 354. The molecule has 1 aromatic rings. The van der Waals surface area contributed by atoms with Gasteiger partial charge in [0.1, 0.15) is 12.3 Å². The zero-order valence-corrected chi connectivity index (χ0v) is 7.47. The summed E-state index contributed by atoms with van der Waals surface area (Å²) in [5, 5.41) is 3.33. The number of nitrogens with zero attached hydrogens (tertiary/aromatic N) is 1. The molecule has 4 nitrogen and oxygen atoms in total. The molecule has 13 heavy (non-hydrogen) atoms. The Balaban J connectivity index is 2.50. The van der Waals surface area contributed by atoms with Crippen molar-refractivity contribution in [3.63, 3.8) is 0 Å². The highest BCUT2D eigenvalue weighted by atomic mass is 35.5. The third-order valence-electron chi connectivity index (χ3n) is 1.73. The molecule has 0 radical (unpaired) electrons. The first-order chi connectivity index (χ1) is 6.31. The number of anilines is 1. The van der Waals surface area contributed by atoms with Crippen molar-refractivity contribution in [1.82, 2.24) is 4.98 Å². The fourth-order valence-corrected chi connectivity index (χ4v) is 1.32. The number of carbonyl (C=O) groups excluding carboxylic acids is 1. The number of hydrogen-bond donors (Lipinski definition) is 1. The summed E-state index contributed by atoms with van der Waals surface area (Å²) in [6.45, 7) is 1.28. The summed E-state index contributed by atoms with van der Waals surface area (Å²) < 4.78 is 5.28. The normalized spacial score (nSPS) is 13.9. The molecular formula is C8H7ClN2O2. The SMILES string of the molecule is O=Cc1nc2c(cc1Cl)OCCN2. The average molecular weight is 199 g/mol. The molecule has 0 fully saturated rings. The predicted molar refractivity (Wildman–Crippen MR) is 48.6 cm³/mol. The van der Waals surface area contributed by atoms with Crippen molar-refractivity contribution in [3.05, 3.63) is 16.8 Å². The van der Waals surface area contributed by atoms with E-state index in [9.17, 15) is 4.79 Å². The van der Waals surface area contributed by atoms with Crippen molar-refractivity contribution in [2.75, 3.05) is 18.5 Å². The first-order valence-corrected chi connectivity index (χ1v) is 4.21. The van der Waals surface area contributed by atoms with Gasteiger partial charge in [0.05, 0.1) is 11.6 Å². The number of halogens is 1. The van der Waals surface area contributed by atoms with Crippen LogP contribution in [0.4, 0.5) is 5.82 Å². The van der Waals surface area contributed by atoms with Crippen molar-refractivity contribution in [2.24, 2.45) is 0 Å². The molecule has 0 amide bonds. The minimum Gasteiger partial charge on any atom is -0.488 e. The van der Waals surface area contributed by atoms with Gasteiger partial charge in [0.15, 0.2) is 17.9 Å². The summed E-state index contributed by atoms with van der Waals surface area (Å²) in [5.41, 5.74) is 0.235. The summed E-state index contributed by atoms with van der Waals surface area (Å²) in [4.78, 5) is 14.5. The number of hydrogen-bond acceptors (Lipinski definition) is 4. The maximum atomic E-state index is 10.5. The van der Waals surface area contributed by atoms with Crippen LogP contribution in [-0.4, -0.2) is 24.4 Å². The van der Waals surface area contributed by atoms with Crippen molar-refractivity contribution in [3.8, 4) is 5.75 Å². The second kappa shape index (κ2) is 3.22. The molecule has 0 spiro atoms. The van der Waals surface area contributed by atoms with Gasteiger partial charge in [-0.1, -0.05) is 11.6 Å². The summed E-state index contributed by atoms with van der Waals surface area (Å²) in [7, 11) is 0. The second-order valence-electron chi connectivity index (χ2n) is 2.60. The van der Waals surface area contributed by atoms with Gasteiger partial charge in [-0.25, -0.2) is 4.98 Å². The molecule has 0 unspecified atom stereocenters. The van der Waals surface area contributed by atoms with Gasteiger partial charge in [0, 0.05) is 6.07 Å². The van der Waals surface area contributed by atoms with E-state index in [-0.39, 0.29) is 5.69 Å². The summed E-state index contributed by atoms with van der Waals surface area (Å²) >= 11 is 5.76. The summed E-state index contributed by atoms with van der Waals surface area (Å²) in [5.74, 6) is 1.18. The molecule has 1 aromatic heterocycles. The maximum Gasteiger partial charge on any atom is 0.170 e. The summed E-state index contributed by atoms with van der Waals surface area (Å²) in [6.07, 6.45) is 0.624. The van der Waals surface area contributed by atoms with Gasteiger partial charge in [-0.2, -0.15) is 0 Å². The van der Waals surface area contributed by atoms with Crippen molar-refractivity contribution >= 4 is 23.7 Å². The number of aromatic nitrogens is 1. The molecular weight excluding hydrogens is 192 g/mol. The minimum absolute atomic E-state index is 0.235. The molecule has 0 aliphatic carbocycles. The Kier molecular flexibility index (Phi) is 2.06. The van der Waals surface area contributed by atoms with Crippen LogP contribution in [0.25, 0.3) is 0 Å². The lowest BCUT2D eigenvalue weighted by Gasteiger charge is -2.18. The average Bonchev–Trinajstić information content (AvgIpc) is 2.17. The van der Waals surface area contributed by atoms with E-state index < -0.39 is 0 Å². The molecule has 2 rings (SSSR count). The van der Waals surface area contributed by atoms with Gasteiger partial charge in [0.2, 0.25) is 0 Å². The molecule has 68 valence electrons. The van der Waals surface area contributed by atoms with Crippen LogP contribution in [0.5, 0.6) is 5.75 Å². The van der Waals surface area contributed by atoms with Gasteiger partial charge in [-0.15, -0.1) is 0 Å². The van der Waals surface area contributed by atoms with E-state index >= 15 is 0 Å². The standard InChI is InChI=1S/C8H7ClN2O2/c9-5-3-7-8(10-1-2-13-7)11-6(5)4-12/h3-4H,1-2H2,(H,10,11). The molecule has 1 N–H and O–H groups in total. The Labute approximate surface area is 79.9 Å². The van der Waals surface area contributed by atoms with E-state index in [0.717, 1.165) is 0 Å². The molecule has 0 aromatic carbocycles. The molecule has 5 heteroatoms. The third-order valence-corrected chi connectivity index (χ3v) is 2.03. The number of pyridine rings is 1. The topological polar surface area (TPSA) is 51.2 Å². The Morgan fingerprint density at radius 3 is 3.31 bits per heavy atom. The number of ether oxygens (including phenoxy) is 1. The van der Waals surface area contributed by atoms with Crippen LogP contribution >= 0.6 is 11.6 Å². The Morgan fingerprint density at radius 1 is 1.69 bits per heavy atom. The third kappa shape index (κ3) is 1.45. The largest absolute Gasteiger partial charge is 0.488 e. The van der Waals surface area contributed by atoms with Crippen molar-refractivity contribution in [2.45, 2.75) is 0 Å². The molecule has 2 heterocycles. The number of nitrogens with one attached hydrogen (secondary N) is 1. The highest BCUT2D eigenvalue weighted by Gasteiger charge is 2.14. The fraction of sp³-hybridized carbons (Fsp3) is 0.250. The van der Waals surface area contributed by atoms with Crippen LogP contribution in [-0.2, 0) is 0 Å². The Morgan fingerprint density at radius 2 is 2.54 bits per heavy atom. The van der Waals surface area contributed by atoms with Crippen LogP contribution in [0.1, 0.15) is 10.5 Å². The molecule has 0 saturated carbocycles. The Hall–Kier alpha value is -1.29. The lowest BCUT2D eigenvalue weighted by Crippen LogP contribution is -2.19. The highest BCUT2D eigenvalue weighted by molar-refractivity contribution is 6.32. The van der Waals surface area contributed by atoms with Gasteiger partial charge < -0.3 is 10.1 Å². The monoisotopic (exact) mass is 198 g/mol. The van der Waals surface area contributed by atoms with E-state index in [4.69, 9.17) is 16.3 Å². The van der Waals surface area contributed by atoms with E-state index in [1.807, 2.05) is 0 Å². The molecule has 0 saturated heterocycles. The highest BCUT2D eigenvalue weighted by Crippen LogP contribution is 2.29. The lowest BCUT2D eigenvalue weighted by molar-refractivity contribution is 0.111. The molecule has 1 aliphatic heterocycles. The van der Waals surface area contributed by atoms with Crippen LogP contribution in [0.3, 0.4) is 0 Å². The van der Waals surface area contributed by atoms with Gasteiger partial charge in [0.25, 0.3) is 0 Å². The molecule has 1 aliphatic rings. The van der Waals surface area contributed by atoms with Crippen LogP contribution in [0.15, 0.2) is 6.07 Å². The predicted octanol–water partition coefficient (Wildman–Crippen LogP) is 1.35. The molecule has 0 bridgehead atoms. The smallest absolute Gasteiger partial charge is 0.170 e. The van der Waals surface area contributed by atoms with Crippen molar-refractivity contribution < 1.29 is 9.53 Å². The van der Waals surface area contributed by atoms with Gasteiger partial charge >= 0.3 is 0 Å². The fourth-order valence-electron chi connectivity index (χ4n) is 1.14. The zero-order valence-electron chi connectivity index (χ0n) is 6.71. The van der Waals surface area contributed by atoms with Gasteiger partial charge in [-0.3, -0.25) is 4.79 Å². The maximum absolute atomic E-state index is 10.5. The van der Waals surface area contributed by atoms with E-state index in [2.05, 4.69) is 10.3 Å². The van der Waals surface area contributed by atoms with E-state index in [0.29, 0.717) is 36.0 Å². The second-order valence-corrected chi connectivity index (χ2v) is 3.00. The lowest BCUT2D eigenvalue weighted by atomic mass is 10.3. The zero-order chi connectivity index (χ0) is 9.26. The first-order valence-electron chi connectivity index (χ1n) is 3.83. The number of fused-ring (bicyclic) bond motifs is 1. The van der Waals surface area contributed by atoms with Crippen molar-refractivity contribution in [1.29, 1.82) is 0 Å². The van der Waals surface area contributed by atoms with E-state index in [1.165, 1.54) is 0 Å². The van der Waals surface area contributed by atoms with Crippen LogP contribution < -0.4 is 10.1 Å².